The number of nitrogens with one attached hydrogen (secondary N) is 2. The number of rotatable bonds is 3. The molecule has 2 N–H and O–H groups in total. The lowest BCUT2D eigenvalue weighted by atomic mass is 9.97. The third-order valence-corrected chi connectivity index (χ3v) is 3.26. The van der Waals surface area contributed by atoms with E-state index in [1.165, 1.54) is 6.20 Å². The fourth-order valence-corrected chi connectivity index (χ4v) is 2.25. The number of H-pyrrole nitrogens is 2. The van der Waals surface area contributed by atoms with Crippen molar-refractivity contribution in [3.05, 3.63) is 27.0 Å². The molecule has 1 aliphatic rings. The molecule has 1 aromatic heterocycles. The second-order valence-corrected chi connectivity index (χ2v) is 4.47. The SMILES string of the molecule is CCOC(=O)C1CCN(c2c[nH]c(=O)[nH]c2=O)CC1. The number of hydrogen-bond donors (Lipinski definition) is 2. The van der Waals surface area contributed by atoms with Crippen molar-refractivity contribution < 1.29 is 9.53 Å². The summed E-state index contributed by atoms with van der Waals surface area (Å²) in [7, 11) is 0. The molecule has 7 heteroatoms. The van der Waals surface area contributed by atoms with Gasteiger partial charge in [0.2, 0.25) is 0 Å². The smallest absolute Gasteiger partial charge is 0.325 e. The molecule has 0 spiro atoms. The number of carbonyl (C=O) groups is 1. The minimum Gasteiger partial charge on any atom is -0.466 e. The van der Waals surface area contributed by atoms with E-state index in [2.05, 4.69) is 9.97 Å². The van der Waals surface area contributed by atoms with E-state index in [0.29, 0.717) is 38.2 Å². The van der Waals surface area contributed by atoms with Gasteiger partial charge in [-0.05, 0) is 19.8 Å². The van der Waals surface area contributed by atoms with Gasteiger partial charge in [-0.1, -0.05) is 0 Å². The van der Waals surface area contributed by atoms with Crippen LogP contribution in [0, 0.1) is 5.92 Å². The first kappa shape index (κ1) is 13.4. The predicted molar refractivity (Wildman–Crippen MR) is 69.3 cm³/mol. The number of aromatic amines is 2. The van der Waals surface area contributed by atoms with Crippen LogP contribution in [-0.4, -0.2) is 35.6 Å². The van der Waals surface area contributed by atoms with Gasteiger partial charge >= 0.3 is 11.7 Å². The summed E-state index contributed by atoms with van der Waals surface area (Å²) in [5, 5.41) is 0. The molecule has 1 aromatic rings. The normalized spacial score (nSPS) is 16.4. The zero-order chi connectivity index (χ0) is 13.8. The van der Waals surface area contributed by atoms with Crippen LogP contribution in [0.3, 0.4) is 0 Å². The van der Waals surface area contributed by atoms with Gasteiger partial charge in [0.05, 0.1) is 12.5 Å². The maximum Gasteiger partial charge on any atom is 0.325 e. The van der Waals surface area contributed by atoms with Gasteiger partial charge in [-0.15, -0.1) is 0 Å². The monoisotopic (exact) mass is 267 g/mol. The van der Waals surface area contributed by atoms with Crippen LogP contribution < -0.4 is 16.1 Å². The highest BCUT2D eigenvalue weighted by atomic mass is 16.5. The maximum atomic E-state index is 11.6. The van der Waals surface area contributed by atoms with E-state index in [-0.39, 0.29) is 11.9 Å². The number of hydrogen-bond acceptors (Lipinski definition) is 5. The Hall–Kier alpha value is -2.05. The number of nitrogens with zero attached hydrogens (tertiary/aromatic N) is 1. The minimum absolute atomic E-state index is 0.0990. The fourth-order valence-electron chi connectivity index (χ4n) is 2.25. The van der Waals surface area contributed by atoms with Crippen LogP contribution in [0.4, 0.5) is 5.69 Å². The van der Waals surface area contributed by atoms with Crippen LogP contribution >= 0.6 is 0 Å². The molecule has 2 rings (SSSR count). The number of ether oxygens (including phenoxy) is 1. The summed E-state index contributed by atoms with van der Waals surface area (Å²) in [6.45, 7) is 3.36. The average molecular weight is 267 g/mol. The molecule has 0 amide bonds. The van der Waals surface area contributed by atoms with Gasteiger partial charge in [-0.2, -0.15) is 0 Å². The number of anilines is 1. The quantitative estimate of drug-likeness (QED) is 0.742. The van der Waals surface area contributed by atoms with Crippen molar-refractivity contribution in [2.75, 3.05) is 24.6 Å². The topological polar surface area (TPSA) is 95.3 Å². The first-order valence-electron chi connectivity index (χ1n) is 6.35. The van der Waals surface area contributed by atoms with Crippen LogP contribution in [0.1, 0.15) is 19.8 Å². The number of piperidine rings is 1. The highest BCUT2D eigenvalue weighted by Crippen LogP contribution is 2.21. The van der Waals surface area contributed by atoms with Gasteiger partial charge in [-0.25, -0.2) is 4.79 Å². The Kier molecular flexibility index (Phi) is 4.03. The standard InChI is InChI=1S/C12H17N3O4/c1-2-19-11(17)8-3-5-15(6-4-8)9-7-13-12(18)14-10(9)16/h7-8H,2-6H2,1H3,(H2,13,14,16,18). The summed E-state index contributed by atoms with van der Waals surface area (Å²) in [5.74, 6) is -0.268. The van der Waals surface area contributed by atoms with E-state index in [9.17, 15) is 14.4 Å². The Morgan fingerprint density at radius 3 is 2.68 bits per heavy atom. The second kappa shape index (κ2) is 5.73. The average Bonchev–Trinajstić information content (AvgIpc) is 2.39. The van der Waals surface area contributed by atoms with Crippen molar-refractivity contribution in [3.8, 4) is 0 Å². The van der Waals surface area contributed by atoms with Crippen LogP contribution in [0.2, 0.25) is 0 Å². The van der Waals surface area contributed by atoms with Crippen molar-refractivity contribution in [3.63, 3.8) is 0 Å². The molecule has 1 aliphatic heterocycles. The summed E-state index contributed by atoms with van der Waals surface area (Å²) in [4.78, 5) is 40.7. The summed E-state index contributed by atoms with van der Waals surface area (Å²) in [6, 6.07) is 0. The van der Waals surface area contributed by atoms with Crippen molar-refractivity contribution in [2.24, 2.45) is 5.92 Å². The first-order valence-corrected chi connectivity index (χ1v) is 6.35. The Balaban J connectivity index is 2.02. The van der Waals surface area contributed by atoms with Crippen molar-refractivity contribution in [1.29, 1.82) is 0 Å². The molecule has 0 unspecified atom stereocenters. The van der Waals surface area contributed by atoms with Crippen LogP contribution in [0.25, 0.3) is 0 Å². The summed E-state index contributed by atoms with van der Waals surface area (Å²) in [6.07, 6.45) is 2.71. The molecule has 104 valence electrons. The van der Waals surface area contributed by atoms with Gasteiger partial charge in [-0.3, -0.25) is 14.6 Å². The highest BCUT2D eigenvalue weighted by molar-refractivity contribution is 5.72. The van der Waals surface area contributed by atoms with Crippen molar-refractivity contribution in [2.45, 2.75) is 19.8 Å². The molecular formula is C12H17N3O4. The number of carbonyl (C=O) groups excluding carboxylic acids is 1. The maximum absolute atomic E-state index is 11.6. The molecule has 0 atom stereocenters. The van der Waals surface area contributed by atoms with Gasteiger partial charge in [0.25, 0.3) is 5.56 Å². The van der Waals surface area contributed by atoms with E-state index < -0.39 is 11.2 Å². The molecule has 0 aliphatic carbocycles. The fraction of sp³-hybridized carbons (Fsp3) is 0.583. The van der Waals surface area contributed by atoms with E-state index in [1.807, 2.05) is 4.90 Å². The Morgan fingerprint density at radius 1 is 1.42 bits per heavy atom. The third kappa shape index (κ3) is 3.04. The molecule has 19 heavy (non-hydrogen) atoms. The third-order valence-electron chi connectivity index (χ3n) is 3.26. The first-order chi connectivity index (χ1) is 9.11. The largest absolute Gasteiger partial charge is 0.466 e. The lowest BCUT2D eigenvalue weighted by Crippen LogP contribution is -2.40. The van der Waals surface area contributed by atoms with Gasteiger partial charge in [0.1, 0.15) is 5.69 Å². The van der Waals surface area contributed by atoms with E-state index in [4.69, 9.17) is 4.74 Å². The van der Waals surface area contributed by atoms with E-state index in [1.54, 1.807) is 6.92 Å². The molecule has 0 radical (unpaired) electrons. The molecule has 0 bridgehead atoms. The second-order valence-electron chi connectivity index (χ2n) is 4.47. The Labute approximate surface area is 109 Å². The summed E-state index contributed by atoms with van der Waals surface area (Å²) in [5.41, 5.74) is -0.490. The van der Waals surface area contributed by atoms with Gasteiger partial charge in [0.15, 0.2) is 0 Å². The Morgan fingerprint density at radius 2 is 2.11 bits per heavy atom. The van der Waals surface area contributed by atoms with Crippen molar-refractivity contribution >= 4 is 11.7 Å². The lowest BCUT2D eigenvalue weighted by Gasteiger charge is -2.31. The number of esters is 1. The molecule has 7 nitrogen and oxygen atoms in total. The van der Waals surface area contributed by atoms with Crippen LogP contribution in [0.5, 0.6) is 0 Å². The van der Waals surface area contributed by atoms with Crippen molar-refractivity contribution in [1.82, 2.24) is 9.97 Å². The predicted octanol–water partition coefficient (Wildman–Crippen LogP) is -0.157. The molecular weight excluding hydrogens is 250 g/mol. The highest BCUT2D eigenvalue weighted by Gasteiger charge is 2.26. The molecule has 1 fully saturated rings. The zero-order valence-electron chi connectivity index (χ0n) is 10.8. The minimum atomic E-state index is -0.518. The van der Waals surface area contributed by atoms with E-state index in [0.717, 1.165) is 0 Å². The summed E-state index contributed by atoms with van der Waals surface area (Å²) >= 11 is 0. The van der Waals surface area contributed by atoms with E-state index >= 15 is 0 Å². The van der Waals surface area contributed by atoms with Gasteiger partial charge < -0.3 is 14.6 Å². The van der Waals surface area contributed by atoms with Crippen LogP contribution in [0.15, 0.2) is 15.8 Å². The molecule has 0 aromatic carbocycles. The van der Waals surface area contributed by atoms with Crippen LogP contribution in [-0.2, 0) is 9.53 Å². The molecule has 2 heterocycles. The lowest BCUT2D eigenvalue weighted by molar-refractivity contribution is -0.148. The zero-order valence-corrected chi connectivity index (χ0v) is 10.8. The Bertz CT molecular complexity index is 555. The molecule has 0 saturated carbocycles. The van der Waals surface area contributed by atoms with Gasteiger partial charge in [0, 0.05) is 19.3 Å². The number of aromatic nitrogens is 2. The summed E-state index contributed by atoms with van der Waals surface area (Å²) < 4.78 is 4.99. The molecule has 1 saturated heterocycles.